The third-order valence-corrected chi connectivity index (χ3v) is 3.69. The smallest absolute Gasteiger partial charge is 0.270 e. The van der Waals surface area contributed by atoms with Crippen molar-refractivity contribution in [1.29, 1.82) is 0 Å². The molecule has 0 aliphatic rings. The van der Waals surface area contributed by atoms with Crippen molar-refractivity contribution in [3.63, 3.8) is 0 Å². The summed E-state index contributed by atoms with van der Waals surface area (Å²) in [5.74, 6) is 0.816. The molecule has 2 aromatic carbocycles. The van der Waals surface area contributed by atoms with Gasteiger partial charge in [-0.05, 0) is 48.5 Å². The van der Waals surface area contributed by atoms with Crippen molar-refractivity contribution in [3.8, 4) is 17.2 Å². The fourth-order valence-electron chi connectivity index (χ4n) is 2.37. The number of carbonyl (C=O) groups excluding carboxylic acids is 1. The van der Waals surface area contributed by atoms with Crippen molar-refractivity contribution >= 4 is 5.91 Å². The van der Waals surface area contributed by atoms with Crippen molar-refractivity contribution in [1.82, 2.24) is 14.9 Å². The quantitative estimate of drug-likeness (QED) is 0.662. The molecule has 1 heterocycles. The first-order chi connectivity index (χ1) is 12.7. The molecular weight excluding hydrogens is 337 g/mol. The molecular formula is C19H18FN3O3. The van der Waals surface area contributed by atoms with E-state index in [-0.39, 0.29) is 11.7 Å². The number of ether oxygens (including phenoxy) is 2. The summed E-state index contributed by atoms with van der Waals surface area (Å²) in [5, 5.41) is 2.78. The first-order valence-corrected chi connectivity index (χ1v) is 8.01. The van der Waals surface area contributed by atoms with Gasteiger partial charge in [0.1, 0.15) is 29.6 Å². The number of imidazole rings is 1. The number of amides is 1. The van der Waals surface area contributed by atoms with Crippen molar-refractivity contribution in [2.45, 2.75) is 0 Å². The first-order valence-electron chi connectivity index (χ1n) is 8.01. The topological polar surface area (TPSA) is 65.4 Å². The molecule has 0 atom stereocenters. The van der Waals surface area contributed by atoms with E-state index >= 15 is 0 Å². The van der Waals surface area contributed by atoms with Crippen LogP contribution in [0.3, 0.4) is 0 Å². The molecule has 1 aromatic heterocycles. The standard InChI is InChI=1S/C19H18FN3O3/c1-25-16-6-8-17(9-7-16)26-11-10-22-19(24)18-12-21-13-23(18)15-4-2-14(20)3-5-15/h2-9,12-13H,10-11H2,1H3,(H,22,24). The molecule has 0 saturated carbocycles. The van der Waals surface area contributed by atoms with Crippen LogP contribution in [0, 0.1) is 5.82 Å². The van der Waals surface area contributed by atoms with E-state index in [1.807, 2.05) is 0 Å². The molecule has 0 fully saturated rings. The minimum absolute atomic E-state index is 0.287. The van der Waals surface area contributed by atoms with Gasteiger partial charge in [-0.2, -0.15) is 0 Å². The molecule has 7 heteroatoms. The second kappa shape index (κ2) is 8.15. The van der Waals surface area contributed by atoms with Gasteiger partial charge in [-0.15, -0.1) is 0 Å². The molecule has 6 nitrogen and oxygen atoms in total. The van der Waals surface area contributed by atoms with Gasteiger partial charge in [0.2, 0.25) is 0 Å². The lowest BCUT2D eigenvalue weighted by atomic mass is 10.3. The second-order valence-corrected chi connectivity index (χ2v) is 5.41. The van der Waals surface area contributed by atoms with Gasteiger partial charge >= 0.3 is 0 Å². The third-order valence-electron chi connectivity index (χ3n) is 3.69. The van der Waals surface area contributed by atoms with E-state index in [0.29, 0.717) is 30.3 Å². The van der Waals surface area contributed by atoms with Crippen molar-refractivity contribution in [2.75, 3.05) is 20.3 Å². The Bertz CT molecular complexity index is 860. The van der Waals surface area contributed by atoms with Crippen LogP contribution in [-0.4, -0.2) is 35.7 Å². The maximum absolute atomic E-state index is 13.1. The molecule has 0 aliphatic heterocycles. The van der Waals surface area contributed by atoms with Gasteiger partial charge < -0.3 is 14.8 Å². The van der Waals surface area contributed by atoms with Crippen molar-refractivity contribution in [2.24, 2.45) is 0 Å². The van der Waals surface area contributed by atoms with E-state index in [2.05, 4.69) is 10.3 Å². The minimum Gasteiger partial charge on any atom is -0.497 e. The number of benzene rings is 2. The largest absolute Gasteiger partial charge is 0.497 e. The molecule has 0 unspecified atom stereocenters. The molecule has 26 heavy (non-hydrogen) atoms. The zero-order valence-corrected chi connectivity index (χ0v) is 14.2. The Balaban J connectivity index is 1.54. The Hall–Kier alpha value is -3.35. The lowest BCUT2D eigenvalue weighted by molar-refractivity contribution is 0.0940. The fraction of sp³-hybridized carbons (Fsp3) is 0.158. The minimum atomic E-state index is -0.337. The van der Waals surface area contributed by atoms with Crippen LogP contribution in [0.5, 0.6) is 11.5 Å². The summed E-state index contributed by atoms with van der Waals surface area (Å²) in [6.45, 7) is 0.655. The number of nitrogens with zero attached hydrogens (tertiary/aromatic N) is 2. The van der Waals surface area contributed by atoms with E-state index in [0.717, 1.165) is 5.75 Å². The maximum Gasteiger partial charge on any atom is 0.270 e. The second-order valence-electron chi connectivity index (χ2n) is 5.41. The van der Waals surface area contributed by atoms with Crippen LogP contribution in [0.25, 0.3) is 5.69 Å². The van der Waals surface area contributed by atoms with Gasteiger partial charge in [-0.25, -0.2) is 9.37 Å². The van der Waals surface area contributed by atoms with Crippen LogP contribution in [0.15, 0.2) is 61.1 Å². The van der Waals surface area contributed by atoms with Gasteiger partial charge in [-0.3, -0.25) is 9.36 Å². The fourth-order valence-corrected chi connectivity index (χ4v) is 2.37. The highest BCUT2D eigenvalue weighted by molar-refractivity contribution is 5.92. The summed E-state index contributed by atoms with van der Waals surface area (Å²) in [6, 6.07) is 13.0. The summed E-state index contributed by atoms with van der Waals surface area (Å²) in [4.78, 5) is 16.3. The molecule has 0 spiro atoms. The van der Waals surface area contributed by atoms with Gasteiger partial charge in [0, 0.05) is 5.69 Å². The third kappa shape index (κ3) is 4.18. The summed E-state index contributed by atoms with van der Waals surface area (Å²) in [5.41, 5.74) is 1.02. The zero-order chi connectivity index (χ0) is 18.4. The number of nitrogens with one attached hydrogen (secondary N) is 1. The summed E-state index contributed by atoms with van der Waals surface area (Å²) < 4.78 is 25.3. The number of aromatic nitrogens is 2. The van der Waals surface area contributed by atoms with Crippen LogP contribution in [0.4, 0.5) is 4.39 Å². The van der Waals surface area contributed by atoms with Gasteiger partial charge in [0.05, 0.1) is 26.2 Å². The number of hydrogen-bond donors (Lipinski definition) is 1. The highest BCUT2D eigenvalue weighted by Crippen LogP contribution is 2.16. The van der Waals surface area contributed by atoms with E-state index in [9.17, 15) is 9.18 Å². The van der Waals surface area contributed by atoms with Gasteiger partial charge in [0.15, 0.2) is 0 Å². The van der Waals surface area contributed by atoms with Crippen molar-refractivity contribution < 1.29 is 18.7 Å². The molecule has 3 rings (SSSR count). The predicted octanol–water partition coefficient (Wildman–Crippen LogP) is 2.83. The summed E-state index contributed by atoms with van der Waals surface area (Å²) in [6.07, 6.45) is 2.97. The first kappa shape index (κ1) is 17.5. The SMILES string of the molecule is COc1ccc(OCCNC(=O)c2cncn2-c2ccc(F)cc2)cc1. The number of rotatable bonds is 7. The van der Waals surface area contributed by atoms with Crippen LogP contribution in [0.2, 0.25) is 0 Å². The van der Waals surface area contributed by atoms with Crippen LogP contribution in [-0.2, 0) is 0 Å². The lowest BCUT2D eigenvalue weighted by Crippen LogP contribution is -2.29. The lowest BCUT2D eigenvalue weighted by Gasteiger charge is -2.10. The normalized spacial score (nSPS) is 10.4. The molecule has 1 N–H and O–H groups in total. The Morgan fingerprint density at radius 2 is 1.81 bits per heavy atom. The van der Waals surface area contributed by atoms with Crippen LogP contribution in [0.1, 0.15) is 10.5 Å². The number of halogens is 1. The average molecular weight is 355 g/mol. The van der Waals surface area contributed by atoms with Crippen LogP contribution >= 0.6 is 0 Å². The zero-order valence-electron chi connectivity index (χ0n) is 14.2. The van der Waals surface area contributed by atoms with E-state index in [1.165, 1.54) is 24.7 Å². The van der Waals surface area contributed by atoms with Crippen LogP contribution < -0.4 is 14.8 Å². The monoisotopic (exact) mass is 355 g/mol. The van der Waals surface area contributed by atoms with Crippen molar-refractivity contribution in [3.05, 3.63) is 72.6 Å². The number of hydrogen-bond acceptors (Lipinski definition) is 4. The Labute approximate surface area is 150 Å². The maximum atomic E-state index is 13.1. The van der Waals surface area contributed by atoms with Gasteiger partial charge in [-0.1, -0.05) is 0 Å². The number of methoxy groups -OCH3 is 1. The van der Waals surface area contributed by atoms with E-state index < -0.39 is 0 Å². The predicted molar refractivity (Wildman–Crippen MR) is 94.3 cm³/mol. The highest BCUT2D eigenvalue weighted by atomic mass is 19.1. The van der Waals surface area contributed by atoms with E-state index in [1.54, 1.807) is 48.1 Å². The Kier molecular flexibility index (Phi) is 5.48. The Morgan fingerprint density at radius 1 is 1.12 bits per heavy atom. The summed E-state index contributed by atoms with van der Waals surface area (Å²) >= 11 is 0. The molecule has 1 amide bonds. The molecule has 134 valence electrons. The molecule has 0 bridgehead atoms. The highest BCUT2D eigenvalue weighted by Gasteiger charge is 2.12. The Morgan fingerprint density at radius 3 is 2.50 bits per heavy atom. The molecule has 0 radical (unpaired) electrons. The van der Waals surface area contributed by atoms with E-state index in [4.69, 9.17) is 9.47 Å². The van der Waals surface area contributed by atoms with Gasteiger partial charge in [0.25, 0.3) is 5.91 Å². The molecule has 0 saturated heterocycles. The molecule has 3 aromatic rings. The summed E-state index contributed by atoms with van der Waals surface area (Å²) in [7, 11) is 1.60. The average Bonchev–Trinajstić information content (AvgIpc) is 3.16. The number of carbonyl (C=O) groups is 1. The molecule has 0 aliphatic carbocycles.